The molecule has 7 heteroatoms. The molecule has 0 fully saturated rings. The summed E-state index contributed by atoms with van der Waals surface area (Å²) >= 11 is 1.71. The van der Waals surface area contributed by atoms with E-state index < -0.39 is 0 Å². The van der Waals surface area contributed by atoms with Crippen LogP contribution in [0.2, 0.25) is 0 Å². The van der Waals surface area contributed by atoms with Crippen LogP contribution < -0.4 is 9.47 Å². The summed E-state index contributed by atoms with van der Waals surface area (Å²) in [5.74, 6) is 1.10. The highest BCUT2D eigenvalue weighted by Crippen LogP contribution is 2.34. The van der Waals surface area contributed by atoms with Gasteiger partial charge in [0, 0.05) is 23.5 Å². The maximum Gasteiger partial charge on any atom is 0.254 e. The van der Waals surface area contributed by atoms with Gasteiger partial charge in [0.1, 0.15) is 24.7 Å². The van der Waals surface area contributed by atoms with Gasteiger partial charge in [-0.1, -0.05) is 24.3 Å². The van der Waals surface area contributed by atoms with Gasteiger partial charge >= 0.3 is 0 Å². The van der Waals surface area contributed by atoms with Crippen LogP contribution >= 0.6 is 11.3 Å². The van der Waals surface area contributed by atoms with Crippen molar-refractivity contribution >= 4 is 23.2 Å². The van der Waals surface area contributed by atoms with Gasteiger partial charge in [-0.15, -0.1) is 17.9 Å². The minimum Gasteiger partial charge on any atom is -0.497 e. The van der Waals surface area contributed by atoms with E-state index in [0.717, 1.165) is 17.7 Å². The predicted octanol–water partition coefficient (Wildman–Crippen LogP) is 4.59. The van der Waals surface area contributed by atoms with Crippen LogP contribution in [0.5, 0.6) is 11.5 Å². The normalized spacial score (nSPS) is 14.7. The molecule has 1 atom stereocenters. The van der Waals surface area contributed by atoms with Crippen molar-refractivity contribution in [2.24, 2.45) is 0 Å². The molecule has 1 unspecified atom stereocenters. The second-order valence-corrected chi connectivity index (χ2v) is 8.98. The zero-order valence-electron chi connectivity index (χ0n) is 19.2. The van der Waals surface area contributed by atoms with Gasteiger partial charge in [-0.3, -0.25) is 9.59 Å². The monoisotopic (exact) mass is 476 g/mol. The fourth-order valence-corrected chi connectivity index (χ4v) is 5.04. The number of thiophene rings is 1. The number of methoxy groups -OCH3 is 1. The molecule has 1 aliphatic rings. The van der Waals surface area contributed by atoms with Crippen LogP contribution in [0, 0.1) is 0 Å². The topological polar surface area (TPSA) is 59.1 Å². The van der Waals surface area contributed by atoms with E-state index in [0.29, 0.717) is 24.5 Å². The lowest BCUT2D eigenvalue weighted by molar-refractivity contribution is -0.135. The van der Waals surface area contributed by atoms with Gasteiger partial charge in [0.15, 0.2) is 0 Å². The lowest BCUT2D eigenvalue weighted by atomic mass is 10.0. The Labute approximate surface area is 204 Å². The smallest absolute Gasteiger partial charge is 0.254 e. The Morgan fingerprint density at radius 2 is 1.88 bits per heavy atom. The number of benzene rings is 2. The molecule has 0 bridgehead atoms. The highest BCUT2D eigenvalue weighted by molar-refractivity contribution is 7.10. The predicted molar refractivity (Wildman–Crippen MR) is 134 cm³/mol. The minimum absolute atomic E-state index is 0.0296. The second-order valence-electron chi connectivity index (χ2n) is 7.98. The fourth-order valence-electron chi connectivity index (χ4n) is 4.11. The summed E-state index contributed by atoms with van der Waals surface area (Å²) in [7, 11) is 1.58. The lowest BCUT2D eigenvalue weighted by Gasteiger charge is -2.37. The molecule has 2 heterocycles. The Morgan fingerprint density at radius 1 is 1.12 bits per heavy atom. The summed E-state index contributed by atoms with van der Waals surface area (Å²) in [6.45, 7) is 4.96. The van der Waals surface area contributed by atoms with Crippen molar-refractivity contribution in [3.63, 3.8) is 0 Å². The van der Waals surface area contributed by atoms with Crippen LogP contribution in [0.3, 0.4) is 0 Å². The van der Waals surface area contributed by atoms with Crippen molar-refractivity contribution in [1.82, 2.24) is 9.80 Å². The van der Waals surface area contributed by atoms with Gasteiger partial charge in [-0.05, 0) is 59.8 Å². The lowest BCUT2D eigenvalue weighted by Crippen LogP contribution is -2.47. The molecule has 0 spiro atoms. The summed E-state index contributed by atoms with van der Waals surface area (Å²) in [6, 6.07) is 18.3. The molecule has 1 aliphatic heterocycles. The van der Waals surface area contributed by atoms with Crippen LogP contribution in [0.1, 0.15) is 26.8 Å². The van der Waals surface area contributed by atoms with Gasteiger partial charge < -0.3 is 19.3 Å². The molecule has 3 aromatic rings. The fraction of sp³-hybridized carbons (Fsp3) is 0.259. The number of fused-ring (bicyclic) bond motifs is 1. The molecule has 0 saturated heterocycles. The third-order valence-electron chi connectivity index (χ3n) is 5.87. The Morgan fingerprint density at radius 3 is 2.59 bits per heavy atom. The molecule has 0 radical (unpaired) electrons. The number of carbonyl (C=O) groups is 2. The molecule has 6 nitrogen and oxygen atoms in total. The third kappa shape index (κ3) is 5.31. The molecule has 176 valence electrons. The number of rotatable bonds is 9. The van der Waals surface area contributed by atoms with Crippen molar-refractivity contribution in [1.29, 1.82) is 0 Å². The molecule has 2 amide bonds. The average molecular weight is 477 g/mol. The van der Waals surface area contributed by atoms with Crippen LogP contribution in [0.25, 0.3) is 0 Å². The van der Waals surface area contributed by atoms with E-state index in [4.69, 9.17) is 9.47 Å². The number of carbonyl (C=O) groups excluding carboxylic acids is 2. The van der Waals surface area contributed by atoms with Gasteiger partial charge in [-0.25, -0.2) is 0 Å². The first kappa shape index (κ1) is 23.6. The first-order valence-corrected chi connectivity index (χ1v) is 12.1. The maximum atomic E-state index is 13.5. The van der Waals surface area contributed by atoms with E-state index in [9.17, 15) is 9.59 Å². The molecule has 34 heavy (non-hydrogen) atoms. The number of amides is 2. The summed E-state index contributed by atoms with van der Waals surface area (Å²) in [5.41, 5.74) is 1.62. The Bertz CT molecular complexity index is 1130. The largest absolute Gasteiger partial charge is 0.497 e. The number of hydrogen-bond donors (Lipinski definition) is 0. The molecular formula is C27H28N2O4S. The minimum atomic E-state index is -0.221. The van der Waals surface area contributed by atoms with E-state index in [-0.39, 0.29) is 30.9 Å². The SMILES string of the molecule is C=CCN(CC(=O)N1CCc2sccc2C1COc1ccccc1)C(=O)c1ccc(OC)cc1. The molecule has 2 aromatic carbocycles. The molecule has 4 rings (SSSR count). The van der Waals surface area contributed by atoms with Crippen LogP contribution in [0.4, 0.5) is 0 Å². The van der Waals surface area contributed by atoms with Crippen molar-refractivity contribution in [2.75, 3.05) is 33.4 Å². The quantitative estimate of drug-likeness (QED) is 0.424. The summed E-state index contributed by atoms with van der Waals surface area (Å²) in [4.78, 5) is 31.3. The van der Waals surface area contributed by atoms with E-state index >= 15 is 0 Å². The zero-order valence-corrected chi connectivity index (χ0v) is 20.0. The Balaban J connectivity index is 1.51. The third-order valence-corrected chi connectivity index (χ3v) is 6.86. The molecule has 1 aromatic heterocycles. The van der Waals surface area contributed by atoms with E-state index in [2.05, 4.69) is 18.0 Å². The molecule has 0 N–H and O–H groups in total. The van der Waals surface area contributed by atoms with Gasteiger partial charge in [0.05, 0.1) is 13.2 Å². The van der Waals surface area contributed by atoms with Gasteiger partial charge in [0.2, 0.25) is 5.91 Å². The molecule has 0 aliphatic carbocycles. The summed E-state index contributed by atoms with van der Waals surface area (Å²) in [5, 5.41) is 2.06. The van der Waals surface area contributed by atoms with Crippen molar-refractivity contribution in [2.45, 2.75) is 12.5 Å². The molecular weight excluding hydrogens is 448 g/mol. The van der Waals surface area contributed by atoms with Crippen LogP contribution in [-0.2, 0) is 11.2 Å². The second kappa shape index (κ2) is 11.0. The first-order valence-electron chi connectivity index (χ1n) is 11.2. The number of hydrogen-bond acceptors (Lipinski definition) is 5. The van der Waals surface area contributed by atoms with Gasteiger partial charge in [-0.2, -0.15) is 0 Å². The highest BCUT2D eigenvalue weighted by atomic mass is 32.1. The van der Waals surface area contributed by atoms with Crippen LogP contribution in [0.15, 0.2) is 78.7 Å². The number of ether oxygens (including phenoxy) is 2. The number of para-hydroxylation sites is 1. The Hall–Kier alpha value is -3.58. The van der Waals surface area contributed by atoms with Crippen molar-refractivity contribution < 1.29 is 19.1 Å². The van der Waals surface area contributed by atoms with Crippen LogP contribution in [-0.4, -0.2) is 55.0 Å². The van der Waals surface area contributed by atoms with E-state index in [1.165, 1.54) is 9.78 Å². The highest BCUT2D eigenvalue weighted by Gasteiger charge is 2.33. The van der Waals surface area contributed by atoms with Crippen molar-refractivity contribution in [3.05, 3.63) is 94.7 Å². The average Bonchev–Trinajstić information content (AvgIpc) is 3.36. The van der Waals surface area contributed by atoms with Gasteiger partial charge in [0.25, 0.3) is 5.91 Å². The standard InChI is InChI=1S/C27H28N2O4S/c1-3-15-28(27(31)20-9-11-21(32-2)12-10-20)18-26(30)29-16-13-25-23(14-17-34-25)24(29)19-33-22-7-5-4-6-8-22/h3-12,14,17,24H,1,13,15-16,18-19H2,2H3. The van der Waals surface area contributed by atoms with E-state index in [1.54, 1.807) is 48.8 Å². The maximum absolute atomic E-state index is 13.5. The Kier molecular flexibility index (Phi) is 7.65. The first-order chi connectivity index (χ1) is 16.6. The summed E-state index contributed by atoms with van der Waals surface area (Å²) < 4.78 is 11.2. The van der Waals surface area contributed by atoms with Crippen molar-refractivity contribution in [3.8, 4) is 11.5 Å². The zero-order chi connectivity index (χ0) is 23.9. The number of nitrogens with zero attached hydrogens (tertiary/aromatic N) is 2. The summed E-state index contributed by atoms with van der Waals surface area (Å²) in [6.07, 6.45) is 2.44. The molecule has 0 saturated carbocycles. The van der Waals surface area contributed by atoms with E-state index in [1.807, 2.05) is 35.2 Å².